The van der Waals surface area contributed by atoms with Crippen LogP contribution in [-0.4, -0.2) is 52.9 Å². The Morgan fingerprint density at radius 3 is 1.70 bits per heavy atom. The molecule has 2 aliphatic heterocycles. The van der Waals surface area contributed by atoms with Gasteiger partial charge in [-0.3, -0.25) is 0 Å². The van der Waals surface area contributed by atoms with E-state index in [1.807, 2.05) is 34.6 Å². The standard InChI is InChI=1S/C8H16O2.C7H15NO2/c1-6-5-10-8(2,3)4-7(6)9;1-7(2)3-6(9)5(8)4-10-7/h6-7,9H,4-5H2,1-3H3;5-6,9H,3-4,8H2,1-2H3/t6-,7-;5-,6-/m00/s1. The molecular formula is C15H31NO4. The van der Waals surface area contributed by atoms with Crippen molar-refractivity contribution in [3.63, 3.8) is 0 Å². The van der Waals surface area contributed by atoms with E-state index in [1.54, 1.807) is 0 Å². The first-order valence-corrected chi connectivity index (χ1v) is 7.42. The molecular weight excluding hydrogens is 258 g/mol. The Morgan fingerprint density at radius 1 is 0.900 bits per heavy atom. The van der Waals surface area contributed by atoms with E-state index < -0.39 is 6.10 Å². The summed E-state index contributed by atoms with van der Waals surface area (Å²) in [6.07, 6.45) is 0.815. The molecule has 0 radical (unpaired) electrons. The fourth-order valence-corrected chi connectivity index (χ4v) is 2.38. The van der Waals surface area contributed by atoms with E-state index in [9.17, 15) is 10.2 Å². The molecule has 0 amide bonds. The van der Waals surface area contributed by atoms with Crippen LogP contribution in [0.25, 0.3) is 0 Å². The third-order valence-corrected chi connectivity index (χ3v) is 3.96. The SMILES string of the molecule is CC1(C)C[C@H](O)[C@@H](N)CO1.C[C@H]1COC(C)(C)C[C@@H]1O. The molecule has 4 N–H and O–H groups in total. The summed E-state index contributed by atoms with van der Waals surface area (Å²) in [4.78, 5) is 0. The van der Waals surface area contributed by atoms with Crippen molar-refractivity contribution in [2.45, 2.75) is 76.9 Å². The second-order valence-electron chi connectivity index (χ2n) is 7.33. The van der Waals surface area contributed by atoms with Gasteiger partial charge >= 0.3 is 0 Å². The maximum absolute atomic E-state index is 9.43. The van der Waals surface area contributed by atoms with Crippen LogP contribution >= 0.6 is 0 Å². The van der Waals surface area contributed by atoms with Gasteiger partial charge in [0.2, 0.25) is 0 Å². The average molecular weight is 289 g/mol. The molecule has 0 saturated carbocycles. The van der Waals surface area contributed by atoms with Gasteiger partial charge in [-0.05, 0) is 27.7 Å². The zero-order chi connectivity index (χ0) is 15.6. The van der Waals surface area contributed by atoms with Gasteiger partial charge < -0.3 is 25.4 Å². The summed E-state index contributed by atoms with van der Waals surface area (Å²) >= 11 is 0. The zero-order valence-electron chi connectivity index (χ0n) is 13.4. The van der Waals surface area contributed by atoms with Crippen LogP contribution in [0.3, 0.4) is 0 Å². The van der Waals surface area contributed by atoms with Crippen molar-refractivity contribution in [2.75, 3.05) is 13.2 Å². The highest BCUT2D eigenvalue weighted by Gasteiger charge is 2.32. The van der Waals surface area contributed by atoms with E-state index in [2.05, 4.69) is 0 Å². The normalized spacial score (nSPS) is 39.6. The van der Waals surface area contributed by atoms with Gasteiger partial charge in [0.05, 0.1) is 42.7 Å². The molecule has 0 aromatic rings. The van der Waals surface area contributed by atoms with E-state index in [4.69, 9.17) is 15.2 Å². The van der Waals surface area contributed by atoms with Gasteiger partial charge in [-0.15, -0.1) is 0 Å². The maximum Gasteiger partial charge on any atom is 0.0740 e. The topological polar surface area (TPSA) is 84.9 Å². The summed E-state index contributed by atoms with van der Waals surface area (Å²) in [6.45, 7) is 11.1. The fourth-order valence-electron chi connectivity index (χ4n) is 2.38. The number of hydrogen-bond acceptors (Lipinski definition) is 5. The molecule has 0 aliphatic carbocycles. The molecule has 5 nitrogen and oxygen atoms in total. The highest BCUT2D eigenvalue weighted by atomic mass is 16.5. The van der Waals surface area contributed by atoms with Crippen molar-refractivity contribution in [1.82, 2.24) is 0 Å². The minimum atomic E-state index is -0.399. The molecule has 2 rings (SSSR count). The van der Waals surface area contributed by atoms with E-state index in [0.717, 1.165) is 6.42 Å². The molecule has 2 heterocycles. The van der Waals surface area contributed by atoms with Gasteiger partial charge in [-0.25, -0.2) is 0 Å². The first-order valence-electron chi connectivity index (χ1n) is 7.42. The number of aliphatic hydroxyl groups is 2. The quantitative estimate of drug-likeness (QED) is 0.621. The largest absolute Gasteiger partial charge is 0.393 e. The highest BCUT2D eigenvalue weighted by Crippen LogP contribution is 2.27. The number of hydrogen-bond donors (Lipinski definition) is 3. The molecule has 0 unspecified atom stereocenters. The third-order valence-electron chi connectivity index (χ3n) is 3.96. The Morgan fingerprint density at radius 2 is 1.35 bits per heavy atom. The summed E-state index contributed by atoms with van der Waals surface area (Å²) in [5.74, 6) is 0.299. The molecule has 5 heteroatoms. The predicted molar refractivity (Wildman–Crippen MR) is 78.4 cm³/mol. The molecule has 2 fully saturated rings. The smallest absolute Gasteiger partial charge is 0.0740 e. The summed E-state index contributed by atoms with van der Waals surface area (Å²) in [6, 6.07) is -0.201. The van der Waals surface area contributed by atoms with E-state index in [-0.39, 0.29) is 23.3 Å². The Kier molecular flexibility index (Phi) is 5.99. The second kappa shape index (κ2) is 6.71. The first kappa shape index (κ1) is 17.9. The van der Waals surface area contributed by atoms with Crippen molar-refractivity contribution in [3.05, 3.63) is 0 Å². The molecule has 20 heavy (non-hydrogen) atoms. The van der Waals surface area contributed by atoms with Crippen LogP contribution < -0.4 is 5.73 Å². The lowest BCUT2D eigenvalue weighted by molar-refractivity contribution is -0.124. The van der Waals surface area contributed by atoms with Gasteiger partial charge in [-0.1, -0.05) is 6.92 Å². The van der Waals surface area contributed by atoms with E-state index in [0.29, 0.717) is 25.6 Å². The summed E-state index contributed by atoms with van der Waals surface area (Å²) < 4.78 is 10.9. The molecule has 4 atom stereocenters. The minimum Gasteiger partial charge on any atom is -0.393 e. The second-order valence-corrected chi connectivity index (χ2v) is 7.33. The van der Waals surface area contributed by atoms with Crippen LogP contribution in [0.1, 0.15) is 47.5 Å². The van der Waals surface area contributed by atoms with Crippen LogP contribution in [0.4, 0.5) is 0 Å². The van der Waals surface area contributed by atoms with Crippen molar-refractivity contribution in [3.8, 4) is 0 Å². The van der Waals surface area contributed by atoms with Gasteiger partial charge in [0.15, 0.2) is 0 Å². The molecule has 2 aliphatic rings. The zero-order valence-corrected chi connectivity index (χ0v) is 13.4. The van der Waals surface area contributed by atoms with Crippen molar-refractivity contribution in [2.24, 2.45) is 11.7 Å². The lowest BCUT2D eigenvalue weighted by Crippen LogP contribution is -2.50. The van der Waals surface area contributed by atoms with Crippen molar-refractivity contribution in [1.29, 1.82) is 0 Å². The Balaban J connectivity index is 0.000000200. The average Bonchev–Trinajstić information content (AvgIpc) is 2.30. The van der Waals surface area contributed by atoms with Crippen LogP contribution in [0.2, 0.25) is 0 Å². The number of aliphatic hydroxyl groups excluding tert-OH is 2. The number of ether oxygens (including phenoxy) is 2. The summed E-state index contributed by atoms with van der Waals surface area (Å²) in [5.41, 5.74) is 5.21. The molecule has 120 valence electrons. The molecule has 0 aromatic heterocycles. The van der Waals surface area contributed by atoms with Crippen LogP contribution in [-0.2, 0) is 9.47 Å². The van der Waals surface area contributed by atoms with E-state index >= 15 is 0 Å². The van der Waals surface area contributed by atoms with Crippen molar-refractivity contribution >= 4 is 0 Å². The molecule has 0 bridgehead atoms. The summed E-state index contributed by atoms with van der Waals surface area (Å²) in [5, 5.41) is 18.7. The van der Waals surface area contributed by atoms with Gasteiger partial charge in [0.1, 0.15) is 0 Å². The predicted octanol–water partition coefficient (Wildman–Crippen LogP) is 1.06. The van der Waals surface area contributed by atoms with E-state index in [1.165, 1.54) is 0 Å². The van der Waals surface area contributed by atoms with Crippen LogP contribution in [0.5, 0.6) is 0 Å². The van der Waals surface area contributed by atoms with Crippen LogP contribution in [0.15, 0.2) is 0 Å². The first-order chi connectivity index (χ1) is 9.02. The van der Waals surface area contributed by atoms with Gasteiger partial charge in [0.25, 0.3) is 0 Å². The lowest BCUT2D eigenvalue weighted by atomic mass is 9.90. The Hall–Kier alpha value is -0.200. The number of rotatable bonds is 0. The third kappa shape index (κ3) is 5.66. The molecule has 0 spiro atoms. The molecule has 2 saturated heterocycles. The monoisotopic (exact) mass is 289 g/mol. The molecule has 0 aromatic carbocycles. The van der Waals surface area contributed by atoms with Gasteiger partial charge in [0, 0.05) is 18.8 Å². The Bertz CT molecular complexity index is 276. The van der Waals surface area contributed by atoms with Crippen LogP contribution in [0, 0.1) is 5.92 Å². The van der Waals surface area contributed by atoms with Crippen molar-refractivity contribution < 1.29 is 19.7 Å². The fraction of sp³-hybridized carbons (Fsp3) is 1.00. The lowest BCUT2D eigenvalue weighted by Gasteiger charge is -2.36. The minimum absolute atomic E-state index is 0.119. The highest BCUT2D eigenvalue weighted by molar-refractivity contribution is 4.85. The van der Waals surface area contributed by atoms with Gasteiger partial charge in [-0.2, -0.15) is 0 Å². The maximum atomic E-state index is 9.43. The Labute approximate surface area is 122 Å². The number of nitrogens with two attached hydrogens (primary N) is 1. The summed E-state index contributed by atoms with van der Waals surface area (Å²) in [7, 11) is 0.